The van der Waals surface area contributed by atoms with Gasteiger partial charge in [0, 0.05) is 37.8 Å². The number of aromatic nitrogens is 2. The van der Waals surface area contributed by atoms with E-state index in [1.807, 2.05) is 7.05 Å². The average molecular weight is 277 g/mol. The summed E-state index contributed by atoms with van der Waals surface area (Å²) in [6, 6.07) is 3.43. The number of hydrogen-bond donors (Lipinski definition) is 0. The molecule has 2 heterocycles. The van der Waals surface area contributed by atoms with E-state index >= 15 is 0 Å². The molecule has 1 aromatic carbocycles. The molecule has 0 radical (unpaired) electrons. The average Bonchev–Trinajstić information content (AvgIpc) is 2.79. The molecule has 0 fully saturated rings. The zero-order valence-electron chi connectivity index (χ0n) is 10.9. The van der Waals surface area contributed by atoms with Gasteiger partial charge in [0.2, 0.25) is 0 Å². The van der Waals surface area contributed by atoms with Crippen molar-refractivity contribution in [2.24, 2.45) is 7.05 Å². The second-order valence-corrected chi connectivity index (χ2v) is 4.81. The number of rotatable bonds is 1. The maximum Gasteiger partial charge on any atom is 0.260 e. The number of benzene rings is 1. The molecule has 0 bridgehead atoms. The first-order valence-corrected chi connectivity index (χ1v) is 6.31. The zero-order valence-corrected chi connectivity index (χ0v) is 10.9. The fourth-order valence-corrected chi connectivity index (χ4v) is 2.52. The van der Waals surface area contributed by atoms with Crippen molar-refractivity contribution in [1.82, 2.24) is 14.7 Å². The van der Waals surface area contributed by atoms with Crippen molar-refractivity contribution in [2.45, 2.75) is 13.0 Å². The van der Waals surface area contributed by atoms with Crippen LogP contribution in [0.15, 0.2) is 24.4 Å². The zero-order chi connectivity index (χ0) is 14.3. The third kappa shape index (κ3) is 1.97. The highest BCUT2D eigenvalue weighted by atomic mass is 19.1. The topological polar surface area (TPSA) is 38.1 Å². The van der Waals surface area contributed by atoms with Crippen LogP contribution in [0.3, 0.4) is 0 Å². The quantitative estimate of drug-likeness (QED) is 0.798. The minimum absolute atomic E-state index is 0.329. The van der Waals surface area contributed by atoms with Gasteiger partial charge in [-0.3, -0.25) is 9.48 Å². The summed E-state index contributed by atoms with van der Waals surface area (Å²) in [4.78, 5) is 13.7. The van der Waals surface area contributed by atoms with E-state index in [-0.39, 0.29) is 0 Å². The van der Waals surface area contributed by atoms with Crippen molar-refractivity contribution in [1.29, 1.82) is 0 Å². The molecule has 0 saturated heterocycles. The molecular formula is C14H13F2N3O. The molecule has 104 valence electrons. The third-order valence-corrected chi connectivity index (χ3v) is 3.59. The monoisotopic (exact) mass is 277 g/mol. The van der Waals surface area contributed by atoms with E-state index in [1.54, 1.807) is 10.9 Å². The number of hydrogen-bond acceptors (Lipinski definition) is 2. The number of amides is 1. The van der Waals surface area contributed by atoms with Crippen molar-refractivity contribution in [3.63, 3.8) is 0 Å². The highest BCUT2D eigenvalue weighted by Crippen LogP contribution is 2.22. The number of halogens is 2. The molecule has 0 spiro atoms. The Balaban J connectivity index is 1.90. The molecule has 1 amide bonds. The van der Waals surface area contributed by atoms with Gasteiger partial charge in [0.25, 0.3) is 5.91 Å². The van der Waals surface area contributed by atoms with Crippen molar-refractivity contribution in [2.75, 3.05) is 6.54 Å². The van der Waals surface area contributed by atoms with E-state index in [2.05, 4.69) is 5.10 Å². The van der Waals surface area contributed by atoms with Gasteiger partial charge in [-0.15, -0.1) is 0 Å². The smallest absolute Gasteiger partial charge is 0.260 e. The van der Waals surface area contributed by atoms with Crippen molar-refractivity contribution < 1.29 is 13.6 Å². The van der Waals surface area contributed by atoms with Gasteiger partial charge < -0.3 is 4.90 Å². The van der Waals surface area contributed by atoms with Crippen molar-refractivity contribution >= 4 is 5.91 Å². The lowest BCUT2D eigenvalue weighted by Gasteiger charge is -2.27. The molecule has 0 aliphatic carbocycles. The molecule has 6 heteroatoms. The first-order valence-electron chi connectivity index (χ1n) is 6.31. The van der Waals surface area contributed by atoms with Gasteiger partial charge in [-0.05, 0) is 12.1 Å². The maximum absolute atomic E-state index is 13.7. The Morgan fingerprint density at radius 1 is 1.30 bits per heavy atom. The number of aryl methyl sites for hydroxylation is 1. The van der Waals surface area contributed by atoms with Gasteiger partial charge in [-0.25, -0.2) is 8.78 Å². The largest absolute Gasteiger partial charge is 0.334 e. The molecule has 1 aromatic heterocycles. The van der Waals surface area contributed by atoms with Gasteiger partial charge in [-0.2, -0.15) is 5.10 Å². The van der Waals surface area contributed by atoms with Crippen molar-refractivity contribution in [3.05, 3.63) is 52.9 Å². The Bertz CT molecular complexity index is 661. The fraction of sp³-hybridized carbons (Fsp3) is 0.286. The SMILES string of the molecule is Cn1ncc2c1CCN(C(=O)c1c(F)cccc1F)C2. The highest BCUT2D eigenvalue weighted by molar-refractivity contribution is 5.94. The fourth-order valence-electron chi connectivity index (χ4n) is 2.52. The number of carbonyl (C=O) groups excluding carboxylic acids is 1. The van der Waals surface area contributed by atoms with Gasteiger partial charge >= 0.3 is 0 Å². The lowest BCUT2D eigenvalue weighted by molar-refractivity contribution is 0.0723. The van der Waals surface area contributed by atoms with Crippen molar-refractivity contribution in [3.8, 4) is 0 Å². The number of fused-ring (bicyclic) bond motifs is 1. The molecule has 0 saturated carbocycles. The van der Waals surface area contributed by atoms with Crippen LogP contribution in [0.1, 0.15) is 21.6 Å². The first kappa shape index (κ1) is 12.8. The van der Waals surface area contributed by atoms with Gasteiger partial charge in [0.05, 0.1) is 6.20 Å². The van der Waals surface area contributed by atoms with Crippen LogP contribution in [0.4, 0.5) is 8.78 Å². The summed E-state index contributed by atoms with van der Waals surface area (Å²) < 4.78 is 29.1. The molecule has 1 aliphatic heterocycles. The van der Waals surface area contributed by atoms with E-state index < -0.39 is 23.1 Å². The van der Waals surface area contributed by atoms with Crippen LogP contribution in [0.2, 0.25) is 0 Å². The second-order valence-electron chi connectivity index (χ2n) is 4.81. The molecule has 0 N–H and O–H groups in total. The minimum Gasteiger partial charge on any atom is -0.334 e. The molecule has 0 unspecified atom stereocenters. The highest BCUT2D eigenvalue weighted by Gasteiger charge is 2.27. The van der Waals surface area contributed by atoms with E-state index in [0.717, 1.165) is 23.4 Å². The molecule has 1 aliphatic rings. The van der Waals surface area contributed by atoms with Crippen LogP contribution in [0, 0.1) is 11.6 Å². The predicted molar refractivity (Wildman–Crippen MR) is 68.0 cm³/mol. The van der Waals surface area contributed by atoms with E-state index in [9.17, 15) is 13.6 Å². The summed E-state index contributed by atoms with van der Waals surface area (Å²) >= 11 is 0. The maximum atomic E-state index is 13.7. The summed E-state index contributed by atoms with van der Waals surface area (Å²) in [6.07, 6.45) is 2.32. The minimum atomic E-state index is -0.827. The lowest BCUT2D eigenvalue weighted by atomic mass is 10.1. The molecule has 4 nitrogen and oxygen atoms in total. The van der Waals surface area contributed by atoms with Crippen LogP contribution < -0.4 is 0 Å². The predicted octanol–water partition coefficient (Wildman–Crippen LogP) is 1.90. The van der Waals surface area contributed by atoms with E-state index in [1.165, 1.54) is 11.0 Å². The Labute approximate surface area is 114 Å². The first-order chi connectivity index (χ1) is 9.58. The molecule has 0 atom stereocenters. The Kier molecular flexibility index (Phi) is 3.00. The number of nitrogens with zero attached hydrogens (tertiary/aromatic N) is 3. The van der Waals surface area contributed by atoms with Crippen LogP contribution in [0.25, 0.3) is 0 Å². The molecule has 3 rings (SSSR count). The summed E-state index contributed by atoms with van der Waals surface area (Å²) in [6.45, 7) is 0.759. The summed E-state index contributed by atoms with van der Waals surface area (Å²) in [5.41, 5.74) is 1.49. The second kappa shape index (κ2) is 4.70. The Morgan fingerprint density at radius 3 is 2.70 bits per heavy atom. The summed E-state index contributed by atoms with van der Waals surface area (Å²) in [5, 5.41) is 4.13. The molecule has 2 aromatic rings. The number of carbonyl (C=O) groups is 1. The third-order valence-electron chi connectivity index (χ3n) is 3.59. The summed E-state index contributed by atoms with van der Waals surface area (Å²) in [7, 11) is 1.84. The lowest BCUT2D eigenvalue weighted by Crippen LogP contribution is -2.37. The summed E-state index contributed by atoms with van der Waals surface area (Å²) in [5.74, 6) is -2.27. The normalized spacial score (nSPS) is 14.2. The van der Waals surface area contributed by atoms with Gasteiger partial charge in [0.1, 0.15) is 17.2 Å². The van der Waals surface area contributed by atoms with Gasteiger partial charge in [-0.1, -0.05) is 6.07 Å². The van der Waals surface area contributed by atoms with Crippen LogP contribution in [-0.4, -0.2) is 27.1 Å². The van der Waals surface area contributed by atoms with E-state index in [4.69, 9.17) is 0 Å². The Hall–Kier alpha value is -2.24. The van der Waals surface area contributed by atoms with Crippen LogP contribution in [0.5, 0.6) is 0 Å². The van der Waals surface area contributed by atoms with E-state index in [0.29, 0.717) is 19.5 Å². The van der Waals surface area contributed by atoms with Crippen LogP contribution >= 0.6 is 0 Å². The van der Waals surface area contributed by atoms with Gasteiger partial charge in [0.15, 0.2) is 0 Å². The van der Waals surface area contributed by atoms with Crippen LogP contribution in [-0.2, 0) is 20.0 Å². The molecular weight excluding hydrogens is 264 g/mol. The molecule has 20 heavy (non-hydrogen) atoms. The standard InChI is InChI=1S/C14H13F2N3O/c1-18-12-5-6-19(8-9(12)7-17-18)14(20)13-10(15)3-2-4-11(13)16/h2-4,7H,5-6,8H2,1H3. The Morgan fingerprint density at radius 2 is 2.00 bits per heavy atom.